The molecule has 2 aromatic carbocycles. The summed E-state index contributed by atoms with van der Waals surface area (Å²) in [5, 5.41) is 4.62. The van der Waals surface area contributed by atoms with Gasteiger partial charge in [0.1, 0.15) is 12.4 Å². The minimum Gasteiger partial charge on any atom is -0.335 e. The third-order valence-electron chi connectivity index (χ3n) is 3.30. The van der Waals surface area contributed by atoms with Gasteiger partial charge in [0, 0.05) is 11.3 Å². The van der Waals surface area contributed by atoms with Crippen LogP contribution in [-0.2, 0) is 17.8 Å². The van der Waals surface area contributed by atoms with Crippen LogP contribution in [0.4, 0.5) is 10.1 Å². The van der Waals surface area contributed by atoms with E-state index in [0.29, 0.717) is 12.1 Å². The summed E-state index contributed by atoms with van der Waals surface area (Å²) in [7, 11) is 0. The summed E-state index contributed by atoms with van der Waals surface area (Å²) >= 11 is 0. The van der Waals surface area contributed by atoms with Crippen molar-refractivity contribution in [3.63, 3.8) is 0 Å². The highest BCUT2D eigenvalue weighted by Gasteiger charge is 2.07. The smallest absolute Gasteiger partial charge is 0.279 e. The number of aryl methyl sites for hydroxylation is 1. The van der Waals surface area contributed by atoms with E-state index in [-0.39, 0.29) is 18.3 Å². The maximum atomic E-state index is 13.4. The van der Waals surface area contributed by atoms with Crippen molar-refractivity contribution in [2.24, 2.45) is 0 Å². The zero-order valence-corrected chi connectivity index (χ0v) is 12.1. The molecule has 0 aromatic heterocycles. The van der Waals surface area contributed by atoms with Gasteiger partial charge in [0.2, 0.25) is 0 Å². The Morgan fingerprint density at radius 1 is 1.14 bits per heavy atom. The zero-order valence-electron chi connectivity index (χ0n) is 12.1. The molecular weight excluding hydrogens is 267 g/mol. The summed E-state index contributed by atoms with van der Waals surface area (Å²) in [6, 6.07) is 14.4. The van der Waals surface area contributed by atoms with Crippen molar-refractivity contribution in [2.75, 3.05) is 11.9 Å². The van der Waals surface area contributed by atoms with Gasteiger partial charge in [0.25, 0.3) is 5.91 Å². The highest BCUT2D eigenvalue weighted by Crippen LogP contribution is 2.09. The SMILES string of the molecule is CCc1ccc(NC(=O)C[NH2+]Cc2ccccc2F)cc1. The number of hydrogen-bond acceptors (Lipinski definition) is 1. The lowest BCUT2D eigenvalue weighted by atomic mass is 10.1. The van der Waals surface area contributed by atoms with Gasteiger partial charge in [-0.25, -0.2) is 4.39 Å². The van der Waals surface area contributed by atoms with Gasteiger partial charge in [-0.15, -0.1) is 0 Å². The molecule has 0 bridgehead atoms. The first-order valence-corrected chi connectivity index (χ1v) is 7.13. The molecule has 110 valence electrons. The fourth-order valence-corrected chi connectivity index (χ4v) is 2.06. The molecule has 0 atom stereocenters. The van der Waals surface area contributed by atoms with Crippen molar-refractivity contribution in [2.45, 2.75) is 19.9 Å². The molecule has 0 aliphatic heterocycles. The Hall–Kier alpha value is -2.20. The quantitative estimate of drug-likeness (QED) is 0.839. The molecule has 0 saturated carbocycles. The fraction of sp³-hybridized carbons (Fsp3) is 0.235. The van der Waals surface area contributed by atoms with E-state index in [2.05, 4.69) is 12.2 Å². The van der Waals surface area contributed by atoms with Crippen molar-refractivity contribution in [1.82, 2.24) is 0 Å². The number of rotatable bonds is 6. The van der Waals surface area contributed by atoms with Gasteiger partial charge in [0.15, 0.2) is 6.54 Å². The molecule has 21 heavy (non-hydrogen) atoms. The van der Waals surface area contributed by atoms with E-state index in [9.17, 15) is 9.18 Å². The van der Waals surface area contributed by atoms with Gasteiger partial charge in [-0.3, -0.25) is 4.79 Å². The first-order chi connectivity index (χ1) is 10.2. The average Bonchev–Trinajstić information content (AvgIpc) is 2.50. The summed E-state index contributed by atoms with van der Waals surface area (Å²) in [6.07, 6.45) is 0.977. The Bertz CT molecular complexity index is 596. The van der Waals surface area contributed by atoms with Crippen LogP contribution >= 0.6 is 0 Å². The third-order valence-corrected chi connectivity index (χ3v) is 3.30. The maximum absolute atomic E-state index is 13.4. The first kappa shape index (κ1) is 15.2. The predicted molar refractivity (Wildman–Crippen MR) is 81.3 cm³/mol. The van der Waals surface area contributed by atoms with Crippen molar-refractivity contribution < 1.29 is 14.5 Å². The Morgan fingerprint density at radius 3 is 2.52 bits per heavy atom. The van der Waals surface area contributed by atoms with Crippen LogP contribution in [0.3, 0.4) is 0 Å². The van der Waals surface area contributed by atoms with E-state index in [1.165, 1.54) is 11.6 Å². The van der Waals surface area contributed by atoms with E-state index < -0.39 is 0 Å². The molecule has 0 radical (unpaired) electrons. The molecule has 4 heteroatoms. The average molecular weight is 287 g/mol. The van der Waals surface area contributed by atoms with Crippen LogP contribution < -0.4 is 10.6 Å². The Morgan fingerprint density at radius 2 is 1.86 bits per heavy atom. The summed E-state index contributed by atoms with van der Waals surface area (Å²) in [5.74, 6) is -0.320. The predicted octanol–water partition coefficient (Wildman–Crippen LogP) is 2.09. The van der Waals surface area contributed by atoms with Crippen molar-refractivity contribution in [3.05, 3.63) is 65.5 Å². The topological polar surface area (TPSA) is 45.7 Å². The number of benzene rings is 2. The van der Waals surface area contributed by atoms with Crippen LogP contribution in [0.2, 0.25) is 0 Å². The number of amides is 1. The van der Waals surface area contributed by atoms with E-state index >= 15 is 0 Å². The number of nitrogens with one attached hydrogen (secondary N) is 1. The molecule has 1 amide bonds. The largest absolute Gasteiger partial charge is 0.335 e. The van der Waals surface area contributed by atoms with E-state index in [1.807, 2.05) is 24.3 Å². The molecule has 0 unspecified atom stereocenters. The summed E-state index contributed by atoms with van der Waals surface area (Å²) in [5.41, 5.74) is 2.63. The Balaban J connectivity index is 1.78. The van der Waals surface area contributed by atoms with E-state index in [4.69, 9.17) is 0 Å². The lowest BCUT2D eigenvalue weighted by Gasteiger charge is -2.06. The van der Waals surface area contributed by atoms with E-state index in [0.717, 1.165) is 12.1 Å². The second-order valence-corrected chi connectivity index (χ2v) is 4.89. The highest BCUT2D eigenvalue weighted by molar-refractivity contribution is 5.91. The number of halogens is 1. The molecular formula is C17H20FN2O+. The molecule has 0 aliphatic carbocycles. The number of anilines is 1. The number of quaternary nitrogens is 1. The van der Waals surface area contributed by atoms with Gasteiger partial charge in [0.05, 0.1) is 0 Å². The molecule has 0 saturated heterocycles. The fourth-order valence-electron chi connectivity index (χ4n) is 2.06. The lowest BCUT2D eigenvalue weighted by molar-refractivity contribution is -0.659. The Kier molecular flexibility index (Phi) is 5.46. The zero-order chi connectivity index (χ0) is 15.1. The van der Waals surface area contributed by atoms with Crippen molar-refractivity contribution in [1.29, 1.82) is 0 Å². The van der Waals surface area contributed by atoms with Crippen LogP contribution in [-0.4, -0.2) is 12.5 Å². The van der Waals surface area contributed by atoms with Crippen molar-refractivity contribution in [3.8, 4) is 0 Å². The number of carbonyl (C=O) groups is 1. The third kappa shape index (κ3) is 4.68. The molecule has 3 nitrogen and oxygen atoms in total. The van der Waals surface area contributed by atoms with Crippen LogP contribution in [0.25, 0.3) is 0 Å². The number of hydrogen-bond donors (Lipinski definition) is 2. The highest BCUT2D eigenvalue weighted by atomic mass is 19.1. The molecule has 3 N–H and O–H groups in total. The van der Waals surface area contributed by atoms with Crippen LogP contribution in [0.15, 0.2) is 48.5 Å². The lowest BCUT2D eigenvalue weighted by Crippen LogP contribution is -2.84. The molecule has 2 rings (SSSR count). The van der Waals surface area contributed by atoms with Crippen LogP contribution in [0.5, 0.6) is 0 Å². The second-order valence-electron chi connectivity index (χ2n) is 4.89. The normalized spacial score (nSPS) is 10.4. The van der Waals surface area contributed by atoms with Crippen LogP contribution in [0, 0.1) is 5.82 Å². The van der Waals surface area contributed by atoms with Crippen LogP contribution in [0.1, 0.15) is 18.1 Å². The van der Waals surface area contributed by atoms with Crippen molar-refractivity contribution >= 4 is 11.6 Å². The summed E-state index contributed by atoms with van der Waals surface area (Å²) in [4.78, 5) is 11.8. The monoisotopic (exact) mass is 287 g/mol. The molecule has 0 aliphatic rings. The summed E-state index contributed by atoms with van der Waals surface area (Å²) in [6.45, 7) is 2.81. The first-order valence-electron chi connectivity index (χ1n) is 7.13. The second kappa shape index (κ2) is 7.55. The number of carbonyl (C=O) groups excluding carboxylic acids is 1. The molecule has 0 spiro atoms. The Labute approximate surface area is 124 Å². The van der Waals surface area contributed by atoms with E-state index in [1.54, 1.807) is 23.5 Å². The minimum absolute atomic E-state index is 0.0874. The van der Waals surface area contributed by atoms with Gasteiger partial charge < -0.3 is 10.6 Å². The summed E-state index contributed by atoms with van der Waals surface area (Å²) < 4.78 is 13.4. The minimum atomic E-state index is -0.232. The molecule has 2 aromatic rings. The van der Waals surface area contributed by atoms with Gasteiger partial charge in [-0.05, 0) is 30.2 Å². The number of nitrogens with two attached hydrogens (primary N) is 1. The molecule has 0 heterocycles. The van der Waals surface area contributed by atoms with Gasteiger partial charge in [-0.1, -0.05) is 37.3 Å². The van der Waals surface area contributed by atoms with Gasteiger partial charge in [-0.2, -0.15) is 0 Å². The van der Waals surface area contributed by atoms with Gasteiger partial charge >= 0.3 is 0 Å². The maximum Gasteiger partial charge on any atom is 0.279 e. The molecule has 0 fully saturated rings. The standard InChI is InChI=1S/C17H19FN2O/c1-2-13-7-9-15(10-8-13)20-17(21)12-19-11-14-5-3-4-6-16(14)18/h3-10,19H,2,11-12H2,1H3,(H,20,21)/p+1.